The number of rotatable bonds is 7. The zero-order valence-corrected chi connectivity index (χ0v) is 15.5. The standard InChI is InChI=1S/C17H23N5O3S/c1-2-10-26(24,25)22-8-3-4-15(22)17(23)20-12-14-5-6-16(19-11-14)21-9-7-18-13-21/h5-7,9,11,13,15H,2-4,8,10,12H2,1H3,(H,20,23). The molecule has 1 aliphatic heterocycles. The third kappa shape index (κ3) is 4.10. The quantitative estimate of drug-likeness (QED) is 0.779. The van der Waals surface area contributed by atoms with Crippen molar-refractivity contribution in [1.29, 1.82) is 0 Å². The van der Waals surface area contributed by atoms with Crippen molar-refractivity contribution >= 4 is 15.9 Å². The van der Waals surface area contributed by atoms with Crippen LogP contribution in [0.3, 0.4) is 0 Å². The van der Waals surface area contributed by atoms with E-state index >= 15 is 0 Å². The molecule has 1 unspecified atom stereocenters. The maximum Gasteiger partial charge on any atom is 0.238 e. The van der Waals surface area contributed by atoms with Gasteiger partial charge >= 0.3 is 0 Å². The van der Waals surface area contributed by atoms with Gasteiger partial charge in [-0.2, -0.15) is 4.31 Å². The van der Waals surface area contributed by atoms with Gasteiger partial charge in [0.1, 0.15) is 18.2 Å². The Morgan fingerprint density at radius 2 is 2.23 bits per heavy atom. The summed E-state index contributed by atoms with van der Waals surface area (Å²) in [6, 6.07) is 3.12. The third-order valence-corrected chi connectivity index (χ3v) is 6.45. The average molecular weight is 377 g/mol. The van der Waals surface area contributed by atoms with Crippen molar-refractivity contribution < 1.29 is 13.2 Å². The predicted molar refractivity (Wildman–Crippen MR) is 97.0 cm³/mol. The lowest BCUT2D eigenvalue weighted by molar-refractivity contribution is -0.124. The van der Waals surface area contributed by atoms with E-state index in [0.717, 1.165) is 11.4 Å². The lowest BCUT2D eigenvalue weighted by Gasteiger charge is -2.23. The van der Waals surface area contributed by atoms with Crippen LogP contribution >= 0.6 is 0 Å². The van der Waals surface area contributed by atoms with Gasteiger partial charge in [0.25, 0.3) is 0 Å². The number of nitrogens with zero attached hydrogens (tertiary/aromatic N) is 4. The minimum Gasteiger partial charge on any atom is -0.351 e. The molecule has 0 spiro atoms. The molecule has 8 nitrogen and oxygen atoms in total. The Balaban J connectivity index is 1.60. The van der Waals surface area contributed by atoms with Crippen molar-refractivity contribution in [1.82, 2.24) is 24.2 Å². The molecule has 9 heteroatoms. The van der Waals surface area contributed by atoms with Gasteiger partial charge in [0.05, 0.1) is 5.75 Å². The highest BCUT2D eigenvalue weighted by molar-refractivity contribution is 7.89. The highest BCUT2D eigenvalue weighted by atomic mass is 32.2. The van der Waals surface area contributed by atoms with Crippen molar-refractivity contribution in [3.63, 3.8) is 0 Å². The Bertz CT molecular complexity index is 834. The summed E-state index contributed by atoms with van der Waals surface area (Å²) in [6.07, 6.45) is 8.65. The lowest BCUT2D eigenvalue weighted by atomic mass is 10.2. The Hall–Kier alpha value is -2.26. The summed E-state index contributed by atoms with van der Waals surface area (Å²) in [6.45, 7) is 2.55. The molecule has 3 rings (SSSR count). The van der Waals surface area contributed by atoms with Crippen molar-refractivity contribution in [3.05, 3.63) is 42.6 Å². The largest absolute Gasteiger partial charge is 0.351 e. The molecule has 1 saturated heterocycles. The fraction of sp³-hybridized carbons (Fsp3) is 0.471. The molecule has 0 aromatic carbocycles. The molecule has 1 N–H and O–H groups in total. The van der Waals surface area contributed by atoms with E-state index in [0.29, 0.717) is 32.4 Å². The number of nitrogens with one attached hydrogen (secondary N) is 1. The first kappa shape index (κ1) is 18.5. The van der Waals surface area contributed by atoms with Crippen molar-refractivity contribution in [2.24, 2.45) is 0 Å². The number of amides is 1. The number of hydrogen-bond acceptors (Lipinski definition) is 5. The van der Waals surface area contributed by atoms with Gasteiger partial charge in [-0.1, -0.05) is 13.0 Å². The molecule has 140 valence electrons. The highest BCUT2D eigenvalue weighted by Gasteiger charge is 2.37. The van der Waals surface area contributed by atoms with Crippen LogP contribution in [0.15, 0.2) is 37.1 Å². The number of aromatic nitrogens is 3. The molecule has 1 atom stereocenters. The number of hydrogen-bond donors (Lipinski definition) is 1. The summed E-state index contributed by atoms with van der Waals surface area (Å²) >= 11 is 0. The van der Waals surface area contributed by atoms with Crippen molar-refractivity contribution in [2.45, 2.75) is 38.8 Å². The van der Waals surface area contributed by atoms with Gasteiger partial charge < -0.3 is 5.32 Å². The van der Waals surface area contributed by atoms with Crippen molar-refractivity contribution in [2.75, 3.05) is 12.3 Å². The van der Waals surface area contributed by atoms with Crippen LogP contribution in [0.25, 0.3) is 5.82 Å². The SMILES string of the molecule is CCCS(=O)(=O)N1CCCC1C(=O)NCc1ccc(-n2ccnc2)nc1. The molecular weight excluding hydrogens is 354 g/mol. The number of pyridine rings is 1. The summed E-state index contributed by atoms with van der Waals surface area (Å²) in [5, 5.41) is 2.84. The van der Waals surface area contributed by atoms with Crippen LogP contribution in [-0.4, -0.2) is 51.5 Å². The molecule has 0 radical (unpaired) electrons. The van der Waals surface area contributed by atoms with Crippen molar-refractivity contribution in [3.8, 4) is 5.82 Å². The molecule has 0 saturated carbocycles. The zero-order valence-electron chi connectivity index (χ0n) is 14.7. The minimum absolute atomic E-state index is 0.0798. The molecule has 0 aliphatic carbocycles. The zero-order chi connectivity index (χ0) is 18.6. The fourth-order valence-corrected chi connectivity index (χ4v) is 4.83. The summed E-state index contributed by atoms with van der Waals surface area (Å²) in [5.41, 5.74) is 0.850. The molecule has 2 aromatic rings. The van der Waals surface area contributed by atoms with E-state index in [-0.39, 0.29) is 11.7 Å². The lowest BCUT2D eigenvalue weighted by Crippen LogP contribution is -2.46. The van der Waals surface area contributed by atoms with Crippen LogP contribution in [0, 0.1) is 0 Å². The number of carbonyl (C=O) groups excluding carboxylic acids is 1. The van der Waals surface area contributed by atoms with Crippen LogP contribution in [0.5, 0.6) is 0 Å². The second-order valence-electron chi connectivity index (χ2n) is 6.30. The number of imidazole rings is 1. The second kappa shape index (κ2) is 7.96. The molecule has 2 aromatic heterocycles. The van der Waals surface area contributed by atoms with Gasteiger partial charge in [-0.25, -0.2) is 18.4 Å². The van der Waals surface area contributed by atoms with E-state index in [1.165, 1.54) is 4.31 Å². The van der Waals surface area contributed by atoms with Crippen LogP contribution in [0.2, 0.25) is 0 Å². The number of sulfonamides is 1. The smallest absolute Gasteiger partial charge is 0.238 e. The predicted octanol–water partition coefficient (Wildman–Crippen LogP) is 1.09. The van der Waals surface area contributed by atoms with Crippen LogP contribution in [0.4, 0.5) is 0 Å². The van der Waals surface area contributed by atoms with Gasteiger partial charge in [-0.05, 0) is 30.9 Å². The van der Waals surface area contributed by atoms with E-state index in [9.17, 15) is 13.2 Å². The molecule has 1 aliphatic rings. The van der Waals surface area contributed by atoms with Gasteiger partial charge in [-0.15, -0.1) is 0 Å². The molecule has 0 bridgehead atoms. The van der Waals surface area contributed by atoms with E-state index in [1.54, 1.807) is 29.5 Å². The summed E-state index contributed by atoms with van der Waals surface area (Å²) in [7, 11) is -3.37. The van der Waals surface area contributed by atoms with E-state index in [1.807, 2.05) is 19.1 Å². The van der Waals surface area contributed by atoms with Crippen LogP contribution in [0.1, 0.15) is 31.7 Å². The van der Waals surface area contributed by atoms with Gasteiger partial charge in [0.2, 0.25) is 15.9 Å². The van der Waals surface area contributed by atoms with E-state index in [4.69, 9.17) is 0 Å². The molecule has 26 heavy (non-hydrogen) atoms. The Kier molecular flexibility index (Phi) is 5.67. The molecule has 1 fully saturated rings. The molecular formula is C17H23N5O3S. The average Bonchev–Trinajstić information content (AvgIpc) is 3.32. The highest BCUT2D eigenvalue weighted by Crippen LogP contribution is 2.22. The van der Waals surface area contributed by atoms with E-state index < -0.39 is 16.1 Å². The monoisotopic (exact) mass is 377 g/mol. The van der Waals surface area contributed by atoms with Gasteiger partial charge in [-0.3, -0.25) is 9.36 Å². The first-order valence-corrected chi connectivity index (χ1v) is 10.3. The summed E-state index contributed by atoms with van der Waals surface area (Å²) in [5.74, 6) is 0.572. The number of carbonyl (C=O) groups is 1. The normalized spacial score (nSPS) is 18.1. The topological polar surface area (TPSA) is 97.2 Å². The maximum atomic E-state index is 12.5. The third-order valence-electron chi connectivity index (χ3n) is 4.37. The fourth-order valence-electron chi connectivity index (χ4n) is 3.09. The van der Waals surface area contributed by atoms with Gasteiger partial charge in [0, 0.05) is 31.7 Å². The van der Waals surface area contributed by atoms with Crippen LogP contribution in [-0.2, 0) is 21.4 Å². The Labute approximate surface area is 153 Å². The molecule has 1 amide bonds. The first-order chi connectivity index (χ1) is 12.5. The Morgan fingerprint density at radius 3 is 2.88 bits per heavy atom. The minimum atomic E-state index is -3.37. The van der Waals surface area contributed by atoms with Crippen LogP contribution < -0.4 is 5.32 Å². The summed E-state index contributed by atoms with van der Waals surface area (Å²) < 4.78 is 27.7. The van der Waals surface area contributed by atoms with Gasteiger partial charge in [0.15, 0.2) is 0 Å². The second-order valence-corrected chi connectivity index (χ2v) is 8.34. The first-order valence-electron chi connectivity index (χ1n) is 8.72. The molecule has 3 heterocycles. The maximum absolute atomic E-state index is 12.5. The summed E-state index contributed by atoms with van der Waals surface area (Å²) in [4.78, 5) is 20.8. The van der Waals surface area contributed by atoms with E-state index in [2.05, 4.69) is 15.3 Å². The Morgan fingerprint density at radius 1 is 1.38 bits per heavy atom.